The van der Waals surface area contributed by atoms with Gasteiger partial charge in [0.15, 0.2) is 5.43 Å². The Morgan fingerprint density at radius 1 is 1.31 bits per heavy atom. The van der Waals surface area contributed by atoms with Crippen LogP contribution in [0, 0.1) is 5.82 Å². The van der Waals surface area contributed by atoms with Crippen LogP contribution in [0.2, 0.25) is 5.02 Å². The monoisotopic (exact) mass is 417 g/mol. The number of carbonyl (C=O) groups excluding carboxylic acids is 1. The third-order valence-corrected chi connectivity index (χ3v) is 5.29. The number of ether oxygens (including phenoxy) is 1. The summed E-state index contributed by atoms with van der Waals surface area (Å²) in [5.74, 6) is -0.352. The lowest BCUT2D eigenvalue weighted by Crippen LogP contribution is -2.18. The molecule has 0 saturated heterocycles. The summed E-state index contributed by atoms with van der Waals surface area (Å²) in [5, 5.41) is 0.321. The number of amides is 1. The zero-order chi connectivity index (χ0) is 21.0. The van der Waals surface area contributed by atoms with Crippen LogP contribution < -0.4 is 15.9 Å². The number of nitrogens with zero attached hydrogens (tertiary/aromatic N) is 1. The second kappa shape index (κ2) is 9.05. The van der Waals surface area contributed by atoms with Gasteiger partial charge >= 0.3 is 0 Å². The third kappa shape index (κ3) is 4.56. The van der Waals surface area contributed by atoms with E-state index in [2.05, 4.69) is 9.97 Å². The average Bonchev–Trinajstić information content (AvgIpc) is 3.25. The Balaban J connectivity index is 0.000000204. The molecule has 2 heterocycles. The van der Waals surface area contributed by atoms with Crippen molar-refractivity contribution >= 4 is 28.4 Å². The fourth-order valence-corrected chi connectivity index (χ4v) is 3.71. The van der Waals surface area contributed by atoms with Gasteiger partial charge in [-0.25, -0.2) is 4.39 Å². The number of H-pyrrole nitrogens is 1. The SMILES string of the molecule is COc1cccc(F)c1Cl.NC(=O)c1nccc2[nH]c(C3CCCC3)cc(=O)c12. The van der Waals surface area contributed by atoms with Crippen molar-refractivity contribution in [1.29, 1.82) is 0 Å². The van der Waals surface area contributed by atoms with E-state index >= 15 is 0 Å². The molecular weight excluding hydrogens is 397 g/mol. The number of primary amides is 1. The summed E-state index contributed by atoms with van der Waals surface area (Å²) in [6.07, 6.45) is 6.11. The number of aromatic amines is 1. The summed E-state index contributed by atoms with van der Waals surface area (Å²) < 4.78 is 17.3. The van der Waals surface area contributed by atoms with Crippen LogP contribution in [0.4, 0.5) is 4.39 Å². The summed E-state index contributed by atoms with van der Waals surface area (Å²) in [7, 11) is 1.45. The van der Waals surface area contributed by atoms with Crippen molar-refractivity contribution in [3.63, 3.8) is 0 Å². The maximum absolute atomic E-state index is 12.6. The number of rotatable bonds is 3. The first-order valence-electron chi connectivity index (χ1n) is 9.22. The van der Waals surface area contributed by atoms with Gasteiger partial charge in [0.05, 0.1) is 18.0 Å². The molecule has 1 aliphatic rings. The zero-order valence-electron chi connectivity index (χ0n) is 15.9. The molecule has 1 fully saturated rings. The molecule has 29 heavy (non-hydrogen) atoms. The van der Waals surface area contributed by atoms with E-state index in [1.165, 1.54) is 32.2 Å². The van der Waals surface area contributed by atoms with E-state index in [-0.39, 0.29) is 21.5 Å². The summed E-state index contributed by atoms with van der Waals surface area (Å²) in [6, 6.07) is 7.73. The lowest BCUT2D eigenvalue weighted by molar-refractivity contribution is 0.0997. The van der Waals surface area contributed by atoms with Crippen LogP contribution in [0.1, 0.15) is 47.8 Å². The number of carbonyl (C=O) groups is 1. The van der Waals surface area contributed by atoms with E-state index in [0.717, 1.165) is 18.5 Å². The van der Waals surface area contributed by atoms with Crippen molar-refractivity contribution in [2.24, 2.45) is 5.73 Å². The van der Waals surface area contributed by atoms with Gasteiger partial charge in [-0.05, 0) is 37.0 Å². The molecule has 0 spiro atoms. The van der Waals surface area contributed by atoms with Gasteiger partial charge in [-0.1, -0.05) is 30.5 Å². The minimum atomic E-state index is -0.676. The highest BCUT2D eigenvalue weighted by atomic mass is 35.5. The lowest BCUT2D eigenvalue weighted by atomic mass is 10.0. The Bertz CT molecular complexity index is 1090. The van der Waals surface area contributed by atoms with Gasteiger partial charge in [0.2, 0.25) is 0 Å². The number of pyridine rings is 2. The highest BCUT2D eigenvalue weighted by molar-refractivity contribution is 6.32. The van der Waals surface area contributed by atoms with Crippen LogP contribution in [0.5, 0.6) is 5.75 Å². The molecule has 6 nitrogen and oxygen atoms in total. The first-order valence-corrected chi connectivity index (χ1v) is 9.60. The third-order valence-electron chi connectivity index (χ3n) is 4.93. The van der Waals surface area contributed by atoms with Crippen LogP contribution >= 0.6 is 11.6 Å². The predicted octanol–water partition coefficient (Wildman–Crippen LogP) is 4.17. The quantitative estimate of drug-likeness (QED) is 0.668. The first-order chi connectivity index (χ1) is 13.9. The topological polar surface area (TPSA) is 98.1 Å². The molecule has 3 N–H and O–H groups in total. The van der Waals surface area contributed by atoms with Crippen molar-refractivity contribution in [2.45, 2.75) is 31.6 Å². The molecule has 0 bridgehead atoms. The van der Waals surface area contributed by atoms with Gasteiger partial charge in [0, 0.05) is 18.0 Å². The molecule has 0 radical (unpaired) electrons. The summed E-state index contributed by atoms with van der Waals surface area (Å²) in [5.41, 5.74) is 6.70. The molecule has 1 aromatic carbocycles. The van der Waals surface area contributed by atoms with Crippen molar-refractivity contribution in [1.82, 2.24) is 9.97 Å². The Kier molecular flexibility index (Phi) is 6.49. The lowest BCUT2D eigenvalue weighted by Gasteiger charge is -2.11. The van der Waals surface area contributed by atoms with E-state index in [9.17, 15) is 14.0 Å². The molecule has 2 aromatic heterocycles. The fourth-order valence-electron chi connectivity index (χ4n) is 3.51. The van der Waals surface area contributed by atoms with E-state index in [0.29, 0.717) is 17.2 Å². The number of hydrogen-bond donors (Lipinski definition) is 2. The number of aromatic nitrogens is 2. The van der Waals surface area contributed by atoms with Crippen LogP contribution in [-0.2, 0) is 0 Å². The number of hydrogen-bond acceptors (Lipinski definition) is 4. The Hall–Kier alpha value is -2.93. The number of methoxy groups -OCH3 is 1. The Morgan fingerprint density at radius 3 is 2.66 bits per heavy atom. The van der Waals surface area contributed by atoms with E-state index < -0.39 is 11.7 Å². The normalized spacial score (nSPS) is 13.8. The summed E-state index contributed by atoms with van der Waals surface area (Å²) >= 11 is 5.49. The van der Waals surface area contributed by atoms with Gasteiger partial charge < -0.3 is 15.5 Å². The second-order valence-electron chi connectivity index (χ2n) is 6.77. The Labute approximate surface area is 171 Å². The Morgan fingerprint density at radius 2 is 2.03 bits per heavy atom. The van der Waals surface area contributed by atoms with Gasteiger partial charge in [-0.2, -0.15) is 0 Å². The van der Waals surface area contributed by atoms with Crippen LogP contribution in [0.25, 0.3) is 10.9 Å². The maximum atomic E-state index is 12.6. The molecule has 0 aliphatic heterocycles. The van der Waals surface area contributed by atoms with Gasteiger partial charge in [-0.3, -0.25) is 14.6 Å². The average molecular weight is 418 g/mol. The predicted molar refractivity (Wildman–Crippen MR) is 110 cm³/mol. The summed E-state index contributed by atoms with van der Waals surface area (Å²) in [6.45, 7) is 0. The molecule has 0 unspecified atom stereocenters. The smallest absolute Gasteiger partial charge is 0.268 e. The fraction of sp³-hybridized carbons (Fsp3) is 0.286. The standard InChI is InChI=1S/C14H15N3O2.C7H6ClFO/c15-14(19)13-12-9(5-6-16-13)17-10(7-11(12)18)8-3-1-2-4-8;1-10-6-4-2-3-5(9)7(6)8/h5-8H,1-4H2,(H2,15,19)(H,17,18);2-4H,1H3. The van der Waals surface area contributed by atoms with Crippen LogP contribution in [-0.4, -0.2) is 23.0 Å². The van der Waals surface area contributed by atoms with Crippen molar-refractivity contribution < 1.29 is 13.9 Å². The molecule has 1 saturated carbocycles. The molecule has 1 amide bonds. The zero-order valence-corrected chi connectivity index (χ0v) is 16.6. The van der Waals surface area contributed by atoms with Crippen LogP contribution in [0.15, 0.2) is 41.3 Å². The molecular formula is C21H21ClFN3O3. The van der Waals surface area contributed by atoms with Gasteiger partial charge in [0.1, 0.15) is 22.3 Å². The number of nitrogens with two attached hydrogens (primary N) is 1. The minimum Gasteiger partial charge on any atom is -0.495 e. The van der Waals surface area contributed by atoms with Crippen molar-refractivity contribution in [2.75, 3.05) is 7.11 Å². The molecule has 4 rings (SSSR count). The van der Waals surface area contributed by atoms with E-state index in [4.69, 9.17) is 22.1 Å². The molecule has 1 aliphatic carbocycles. The van der Waals surface area contributed by atoms with Crippen molar-refractivity contribution in [3.05, 3.63) is 69.0 Å². The number of nitrogens with one attached hydrogen (secondary N) is 1. The summed E-state index contributed by atoms with van der Waals surface area (Å²) in [4.78, 5) is 30.7. The van der Waals surface area contributed by atoms with E-state index in [1.54, 1.807) is 24.3 Å². The van der Waals surface area contributed by atoms with Crippen molar-refractivity contribution in [3.8, 4) is 5.75 Å². The first kappa shape index (κ1) is 20.8. The van der Waals surface area contributed by atoms with Gasteiger partial charge in [0.25, 0.3) is 5.91 Å². The number of fused-ring (bicyclic) bond motifs is 1. The molecule has 3 aromatic rings. The largest absolute Gasteiger partial charge is 0.495 e. The van der Waals surface area contributed by atoms with Crippen LogP contribution in [0.3, 0.4) is 0 Å². The van der Waals surface area contributed by atoms with Gasteiger partial charge in [-0.15, -0.1) is 0 Å². The molecule has 8 heteroatoms. The highest BCUT2D eigenvalue weighted by Crippen LogP contribution is 2.33. The minimum absolute atomic E-state index is 0.0324. The molecule has 152 valence electrons. The highest BCUT2D eigenvalue weighted by Gasteiger charge is 2.20. The number of halogens is 2. The molecule has 0 atom stereocenters. The van der Waals surface area contributed by atoms with E-state index in [1.807, 2.05) is 0 Å². The maximum Gasteiger partial charge on any atom is 0.268 e. The second-order valence-corrected chi connectivity index (χ2v) is 7.15. The number of benzene rings is 1.